The lowest BCUT2D eigenvalue weighted by atomic mass is 9.90. The molecule has 2 aromatic rings. The van der Waals surface area contributed by atoms with Crippen molar-refractivity contribution in [3.8, 4) is 11.5 Å². The van der Waals surface area contributed by atoms with Gasteiger partial charge in [-0.25, -0.2) is 0 Å². The summed E-state index contributed by atoms with van der Waals surface area (Å²) in [5.74, 6) is 0.127. The summed E-state index contributed by atoms with van der Waals surface area (Å²) in [6.45, 7) is 3.56. The summed E-state index contributed by atoms with van der Waals surface area (Å²) in [6, 6.07) is 16.2. The molecular weight excluding hydrogens is 306 g/mol. The minimum atomic E-state index is -0.880. The fraction of sp³-hybridized carbons (Fsp3) is 0.263. The summed E-state index contributed by atoms with van der Waals surface area (Å²) in [5, 5.41) is 11.8. The van der Waals surface area contributed by atoms with Gasteiger partial charge in [0.25, 0.3) is 5.91 Å². The van der Waals surface area contributed by atoms with Crippen LogP contribution >= 0.6 is 0 Å². The highest BCUT2D eigenvalue weighted by molar-refractivity contribution is 5.94. The third-order valence-corrected chi connectivity index (χ3v) is 3.69. The van der Waals surface area contributed by atoms with Crippen LogP contribution in [0.25, 0.3) is 0 Å². The van der Waals surface area contributed by atoms with Gasteiger partial charge < -0.3 is 15.2 Å². The molecule has 0 heterocycles. The molecule has 5 heteroatoms. The Morgan fingerprint density at radius 3 is 2.38 bits per heavy atom. The molecule has 2 N–H and O–H groups in total. The van der Waals surface area contributed by atoms with E-state index in [-0.39, 0.29) is 5.91 Å². The molecule has 0 aliphatic carbocycles. The standard InChI is InChI=1S/C19H21NO4/c1-19(2,18(22)23)11-12-20-17(21)14-7-6-10-16(13-14)24-15-8-4-3-5-9-15/h3-10,13H,11-12H2,1-2H3,(H,20,21)(H,22,23). The predicted octanol–water partition coefficient (Wildman–Crippen LogP) is 3.71. The largest absolute Gasteiger partial charge is 0.481 e. The Labute approximate surface area is 141 Å². The van der Waals surface area contributed by atoms with Gasteiger partial charge in [-0.15, -0.1) is 0 Å². The van der Waals surface area contributed by atoms with Crippen molar-refractivity contribution < 1.29 is 19.4 Å². The molecule has 0 saturated carbocycles. The van der Waals surface area contributed by atoms with Crippen molar-refractivity contribution in [2.24, 2.45) is 5.41 Å². The first-order valence-corrected chi connectivity index (χ1v) is 7.73. The Morgan fingerprint density at radius 2 is 1.71 bits per heavy atom. The fourth-order valence-electron chi connectivity index (χ4n) is 2.02. The van der Waals surface area contributed by atoms with Crippen molar-refractivity contribution >= 4 is 11.9 Å². The Morgan fingerprint density at radius 1 is 1.04 bits per heavy atom. The predicted molar refractivity (Wildman–Crippen MR) is 91.3 cm³/mol. The topological polar surface area (TPSA) is 75.6 Å². The van der Waals surface area contributed by atoms with Crippen LogP contribution in [0.15, 0.2) is 54.6 Å². The highest BCUT2D eigenvalue weighted by atomic mass is 16.5. The van der Waals surface area contributed by atoms with Crippen molar-refractivity contribution in [1.82, 2.24) is 5.32 Å². The Kier molecular flexibility index (Phi) is 5.58. The van der Waals surface area contributed by atoms with E-state index in [1.54, 1.807) is 38.1 Å². The molecule has 2 aromatic carbocycles. The van der Waals surface area contributed by atoms with Crippen LogP contribution in [0.3, 0.4) is 0 Å². The molecule has 0 atom stereocenters. The fourth-order valence-corrected chi connectivity index (χ4v) is 2.02. The summed E-state index contributed by atoms with van der Waals surface area (Å²) in [4.78, 5) is 23.2. The molecule has 0 unspecified atom stereocenters. The van der Waals surface area contributed by atoms with E-state index in [1.807, 2.05) is 30.3 Å². The van der Waals surface area contributed by atoms with E-state index in [9.17, 15) is 9.59 Å². The minimum absolute atomic E-state index is 0.255. The average molecular weight is 327 g/mol. The molecule has 24 heavy (non-hydrogen) atoms. The number of hydrogen-bond donors (Lipinski definition) is 2. The highest BCUT2D eigenvalue weighted by Crippen LogP contribution is 2.22. The maximum atomic E-state index is 12.2. The number of hydrogen-bond acceptors (Lipinski definition) is 3. The van der Waals surface area contributed by atoms with Crippen molar-refractivity contribution in [2.45, 2.75) is 20.3 Å². The van der Waals surface area contributed by atoms with Gasteiger partial charge in [0, 0.05) is 12.1 Å². The number of carbonyl (C=O) groups is 2. The van der Waals surface area contributed by atoms with Crippen LogP contribution in [0.5, 0.6) is 11.5 Å². The van der Waals surface area contributed by atoms with Gasteiger partial charge in [-0.3, -0.25) is 9.59 Å². The summed E-state index contributed by atoms with van der Waals surface area (Å²) in [7, 11) is 0. The number of carbonyl (C=O) groups excluding carboxylic acids is 1. The number of benzene rings is 2. The van der Waals surface area contributed by atoms with E-state index in [4.69, 9.17) is 9.84 Å². The van der Waals surface area contributed by atoms with Crippen LogP contribution in [0.1, 0.15) is 30.6 Å². The minimum Gasteiger partial charge on any atom is -0.481 e. The third kappa shape index (κ3) is 4.84. The van der Waals surface area contributed by atoms with Crippen LogP contribution in [-0.4, -0.2) is 23.5 Å². The highest BCUT2D eigenvalue weighted by Gasteiger charge is 2.26. The number of aliphatic carboxylic acids is 1. The summed E-state index contributed by atoms with van der Waals surface area (Å²) < 4.78 is 5.70. The van der Waals surface area contributed by atoms with E-state index >= 15 is 0 Å². The number of para-hydroxylation sites is 1. The number of amides is 1. The van der Waals surface area contributed by atoms with Crippen molar-refractivity contribution in [2.75, 3.05) is 6.54 Å². The lowest BCUT2D eigenvalue weighted by molar-refractivity contribution is -0.147. The van der Waals surface area contributed by atoms with Gasteiger partial charge in [0.2, 0.25) is 0 Å². The molecule has 126 valence electrons. The van der Waals surface area contributed by atoms with Crippen LogP contribution < -0.4 is 10.1 Å². The third-order valence-electron chi connectivity index (χ3n) is 3.69. The molecule has 0 saturated heterocycles. The van der Waals surface area contributed by atoms with E-state index < -0.39 is 11.4 Å². The maximum Gasteiger partial charge on any atom is 0.309 e. The Bertz CT molecular complexity index is 710. The zero-order valence-corrected chi connectivity index (χ0v) is 13.8. The first-order valence-electron chi connectivity index (χ1n) is 7.73. The molecule has 0 radical (unpaired) electrons. The number of rotatable bonds is 7. The molecule has 0 bridgehead atoms. The Balaban J connectivity index is 1.95. The van der Waals surface area contributed by atoms with Gasteiger partial charge in [0.05, 0.1) is 5.41 Å². The maximum absolute atomic E-state index is 12.2. The van der Waals surface area contributed by atoms with Crippen molar-refractivity contribution in [3.63, 3.8) is 0 Å². The number of carboxylic acid groups (broad SMARTS) is 1. The second-order valence-corrected chi connectivity index (χ2v) is 6.14. The van der Waals surface area contributed by atoms with Crippen molar-refractivity contribution in [1.29, 1.82) is 0 Å². The quantitative estimate of drug-likeness (QED) is 0.813. The molecule has 0 spiro atoms. The van der Waals surface area contributed by atoms with Gasteiger partial charge >= 0.3 is 5.97 Å². The molecule has 0 aliphatic rings. The van der Waals surface area contributed by atoms with Gasteiger partial charge in [0.1, 0.15) is 11.5 Å². The zero-order chi connectivity index (χ0) is 17.6. The Hall–Kier alpha value is -2.82. The van der Waals surface area contributed by atoms with E-state index in [0.29, 0.717) is 30.0 Å². The second kappa shape index (κ2) is 7.64. The summed E-state index contributed by atoms with van der Waals surface area (Å²) in [6.07, 6.45) is 0.355. The molecule has 0 aromatic heterocycles. The van der Waals surface area contributed by atoms with Crippen molar-refractivity contribution in [3.05, 3.63) is 60.2 Å². The lowest BCUT2D eigenvalue weighted by Gasteiger charge is -2.18. The molecule has 5 nitrogen and oxygen atoms in total. The van der Waals surface area contributed by atoms with Gasteiger partial charge in [-0.05, 0) is 50.6 Å². The smallest absolute Gasteiger partial charge is 0.309 e. The van der Waals surface area contributed by atoms with E-state index in [2.05, 4.69) is 5.32 Å². The summed E-state index contributed by atoms with van der Waals surface area (Å²) in [5.41, 5.74) is -0.400. The van der Waals surface area contributed by atoms with Crippen LogP contribution in [0.4, 0.5) is 0 Å². The van der Waals surface area contributed by atoms with Gasteiger partial charge in [-0.1, -0.05) is 24.3 Å². The molecule has 0 aliphatic heterocycles. The van der Waals surface area contributed by atoms with Crippen LogP contribution in [0, 0.1) is 5.41 Å². The van der Waals surface area contributed by atoms with Crippen LogP contribution in [-0.2, 0) is 4.79 Å². The monoisotopic (exact) mass is 327 g/mol. The average Bonchev–Trinajstić information content (AvgIpc) is 2.55. The van der Waals surface area contributed by atoms with E-state index in [0.717, 1.165) is 0 Å². The van der Waals surface area contributed by atoms with Gasteiger partial charge in [0.15, 0.2) is 0 Å². The zero-order valence-electron chi connectivity index (χ0n) is 13.8. The lowest BCUT2D eigenvalue weighted by Crippen LogP contribution is -2.31. The molecule has 1 amide bonds. The SMILES string of the molecule is CC(C)(CCNC(=O)c1cccc(Oc2ccccc2)c1)C(=O)O. The molecule has 2 rings (SSSR count). The summed E-state index contributed by atoms with van der Waals surface area (Å²) >= 11 is 0. The normalized spacial score (nSPS) is 10.9. The first-order chi connectivity index (χ1) is 11.4. The number of ether oxygens (including phenoxy) is 1. The second-order valence-electron chi connectivity index (χ2n) is 6.14. The van der Waals surface area contributed by atoms with Gasteiger partial charge in [-0.2, -0.15) is 0 Å². The number of nitrogens with one attached hydrogen (secondary N) is 1. The number of carboxylic acids is 1. The molecular formula is C19H21NO4. The van der Waals surface area contributed by atoms with E-state index in [1.165, 1.54) is 0 Å². The van der Waals surface area contributed by atoms with Crippen LogP contribution in [0.2, 0.25) is 0 Å². The first kappa shape index (κ1) is 17.5. The molecule has 0 fully saturated rings.